The Morgan fingerprint density at radius 3 is 2.43 bits per heavy atom. The predicted molar refractivity (Wildman–Crippen MR) is 129 cm³/mol. The molecule has 1 aliphatic rings. The summed E-state index contributed by atoms with van der Waals surface area (Å²) in [4.78, 5) is 27.6. The Labute approximate surface area is 200 Å². The van der Waals surface area contributed by atoms with Gasteiger partial charge in [-0.2, -0.15) is 13.2 Å². The number of hydrogen-bond donors (Lipinski definition) is 4. The van der Waals surface area contributed by atoms with Gasteiger partial charge in [-0.05, 0) is 48.4 Å². The molecular formula is C26H28F3N3O3. The largest absolute Gasteiger partial charge is 0.417 e. The molecule has 1 aromatic heterocycles. The molecule has 0 radical (unpaired) electrons. The zero-order chi connectivity index (χ0) is 25.4. The Kier molecular flexibility index (Phi) is 6.40. The monoisotopic (exact) mass is 487 g/mol. The number of H-pyrrole nitrogens is 1. The van der Waals surface area contributed by atoms with Crippen LogP contribution in [0.3, 0.4) is 0 Å². The highest BCUT2D eigenvalue weighted by atomic mass is 19.4. The van der Waals surface area contributed by atoms with Crippen molar-refractivity contribution < 1.29 is 23.1 Å². The minimum atomic E-state index is -4.97. The van der Waals surface area contributed by atoms with Crippen molar-refractivity contribution >= 4 is 22.6 Å². The maximum absolute atomic E-state index is 14.3. The van der Waals surface area contributed by atoms with E-state index < -0.39 is 41.5 Å². The van der Waals surface area contributed by atoms with E-state index in [4.69, 9.17) is 0 Å². The first-order valence-electron chi connectivity index (χ1n) is 11.5. The molecule has 1 heterocycles. The summed E-state index contributed by atoms with van der Waals surface area (Å²) in [6, 6.07) is 13.9. The summed E-state index contributed by atoms with van der Waals surface area (Å²) in [5.74, 6) is 0. The number of rotatable bonds is 7. The van der Waals surface area contributed by atoms with Gasteiger partial charge in [-0.15, -0.1) is 0 Å². The van der Waals surface area contributed by atoms with Gasteiger partial charge in [0.05, 0.1) is 0 Å². The number of urea groups is 1. The zero-order valence-electron chi connectivity index (χ0n) is 19.5. The fourth-order valence-corrected chi connectivity index (χ4v) is 4.51. The third-order valence-corrected chi connectivity index (χ3v) is 6.35. The maximum Gasteiger partial charge on any atom is 0.417 e. The van der Waals surface area contributed by atoms with Crippen LogP contribution in [0.4, 0.5) is 23.7 Å². The number of anilines is 1. The van der Waals surface area contributed by atoms with Gasteiger partial charge in [0.25, 0.3) is 0 Å². The smallest absolute Gasteiger partial charge is 0.380 e. The minimum absolute atomic E-state index is 0.0143. The van der Waals surface area contributed by atoms with Gasteiger partial charge >= 0.3 is 12.2 Å². The number of carbonyl (C=O) groups is 1. The summed E-state index contributed by atoms with van der Waals surface area (Å²) in [6.45, 7) is 3.18. The third kappa shape index (κ3) is 5.51. The number of nitrogens with one attached hydrogen (secondary N) is 3. The lowest BCUT2D eigenvalue weighted by Gasteiger charge is -2.38. The van der Waals surface area contributed by atoms with E-state index in [1.165, 1.54) is 0 Å². The second-order valence-corrected chi connectivity index (χ2v) is 9.89. The Hall–Kier alpha value is -3.33. The molecule has 0 bridgehead atoms. The Balaban J connectivity index is 1.64. The van der Waals surface area contributed by atoms with Crippen molar-refractivity contribution in [2.45, 2.75) is 62.8 Å². The van der Waals surface area contributed by atoms with Gasteiger partial charge in [-0.3, -0.25) is 4.79 Å². The van der Waals surface area contributed by atoms with Crippen molar-refractivity contribution in [2.75, 3.05) is 5.32 Å². The molecule has 4 rings (SSSR count). The lowest BCUT2D eigenvalue weighted by molar-refractivity contribution is -0.266. The fraction of sp³-hybridized carbons (Fsp3) is 0.385. The van der Waals surface area contributed by atoms with Crippen LogP contribution in [0.1, 0.15) is 44.4 Å². The molecule has 4 N–H and O–H groups in total. The summed E-state index contributed by atoms with van der Waals surface area (Å²) in [5, 5.41) is 16.9. The van der Waals surface area contributed by atoms with Crippen molar-refractivity contribution in [2.24, 2.45) is 0 Å². The molecule has 9 heteroatoms. The third-order valence-electron chi connectivity index (χ3n) is 6.35. The van der Waals surface area contributed by atoms with Crippen molar-refractivity contribution in [3.63, 3.8) is 0 Å². The zero-order valence-corrected chi connectivity index (χ0v) is 19.5. The standard InChI is InChI=1S/C26H28F3N3O3/c1-24(2,19-8-4-6-10-21(19)32-23(34)31-16-11-12-16)15-25(35,26(27,28)29)14-17-13-22(33)18-7-3-5-9-20(18)30-17/h3-10,13,16,35H,11-12,14-15H2,1-2H3,(H,30,33)(H2,31,32,34). The van der Waals surface area contributed by atoms with Crippen LogP contribution in [0.25, 0.3) is 10.9 Å². The predicted octanol–water partition coefficient (Wildman–Crippen LogP) is 5.02. The molecule has 0 aliphatic heterocycles. The Morgan fingerprint density at radius 1 is 1.09 bits per heavy atom. The van der Waals surface area contributed by atoms with Crippen LogP contribution < -0.4 is 16.1 Å². The number of halogens is 3. The lowest BCUT2D eigenvalue weighted by Crippen LogP contribution is -2.51. The number of aliphatic hydroxyl groups is 1. The van der Waals surface area contributed by atoms with Gasteiger partial charge in [0.15, 0.2) is 11.0 Å². The van der Waals surface area contributed by atoms with E-state index >= 15 is 0 Å². The number of carbonyl (C=O) groups excluding carboxylic acids is 1. The number of alkyl halides is 3. The molecule has 1 atom stereocenters. The van der Waals surface area contributed by atoms with E-state index in [0.717, 1.165) is 18.9 Å². The van der Waals surface area contributed by atoms with Crippen LogP contribution in [-0.4, -0.2) is 33.9 Å². The van der Waals surface area contributed by atoms with Crippen LogP contribution in [-0.2, 0) is 11.8 Å². The Morgan fingerprint density at radius 2 is 1.74 bits per heavy atom. The summed E-state index contributed by atoms with van der Waals surface area (Å²) >= 11 is 0. The summed E-state index contributed by atoms with van der Waals surface area (Å²) < 4.78 is 42.9. The van der Waals surface area contributed by atoms with Crippen LogP contribution in [0.5, 0.6) is 0 Å². The number of aromatic nitrogens is 1. The highest BCUT2D eigenvalue weighted by molar-refractivity contribution is 5.90. The molecule has 1 unspecified atom stereocenters. The summed E-state index contributed by atoms with van der Waals surface area (Å²) in [7, 11) is 0. The van der Waals surface area contributed by atoms with E-state index in [9.17, 15) is 27.9 Å². The first kappa shape index (κ1) is 24.8. The SMILES string of the molecule is CC(C)(CC(O)(Cc1cc(=O)c2ccccc2[nH]1)C(F)(F)F)c1ccccc1NC(=O)NC1CC1. The molecule has 1 saturated carbocycles. The second-order valence-electron chi connectivity index (χ2n) is 9.89. The van der Waals surface area contributed by atoms with Crippen LogP contribution in [0, 0.1) is 0 Å². The van der Waals surface area contributed by atoms with E-state index in [2.05, 4.69) is 15.6 Å². The van der Waals surface area contributed by atoms with Crippen LogP contribution >= 0.6 is 0 Å². The minimum Gasteiger partial charge on any atom is -0.380 e. The van der Waals surface area contributed by atoms with E-state index in [1.807, 2.05) is 0 Å². The first-order valence-corrected chi connectivity index (χ1v) is 11.5. The van der Waals surface area contributed by atoms with Crippen LogP contribution in [0.15, 0.2) is 59.4 Å². The van der Waals surface area contributed by atoms with Gasteiger partial charge in [0.2, 0.25) is 0 Å². The molecule has 1 fully saturated rings. The quantitative estimate of drug-likeness (QED) is 0.377. The molecule has 3 aromatic rings. The van der Waals surface area contributed by atoms with Gasteiger partial charge in [0, 0.05) is 40.8 Å². The molecule has 186 valence electrons. The van der Waals surface area contributed by atoms with Gasteiger partial charge < -0.3 is 20.7 Å². The maximum atomic E-state index is 14.3. The fourth-order valence-electron chi connectivity index (χ4n) is 4.51. The average molecular weight is 488 g/mol. The number of fused-ring (bicyclic) bond motifs is 1. The number of amides is 2. The molecule has 1 aliphatic carbocycles. The van der Waals surface area contributed by atoms with Gasteiger partial charge in [-0.25, -0.2) is 4.79 Å². The number of benzene rings is 2. The lowest BCUT2D eigenvalue weighted by atomic mass is 9.73. The Bertz CT molecular complexity index is 1300. The molecular weight excluding hydrogens is 459 g/mol. The number of pyridine rings is 1. The average Bonchev–Trinajstić information content (AvgIpc) is 3.56. The highest BCUT2D eigenvalue weighted by Crippen LogP contribution is 2.44. The van der Waals surface area contributed by atoms with Crippen molar-refractivity contribution in [3.05, 3.63) is 76.1 Å². The normalized spacial score (nSPS) is 16.1. The molecule has 2 amide bonds. The second kappa shape index (κ2) is 9.03. The number of para-hydroxylation sites is 2. The molecule has 0 spiro atoms. The number of hydrogen-bond acceptors (Lipinski definition) is 3. The first-order chi connectivity index (χ1) is 16.4. The molecule has 6 nitrogen and oxygen atoms in total. The number of aromatic amines is 1. The topological polar surface area (TPSA) is 94.2 Å². The van der Waals surface area contributed by atoms with E-state index in [-0.39, 0.29) is 11.7 Å². The van der Waals surface area contributed by atoms with Gasteiger partial charge in [-0.1, -0.05) is 44.2 Å². The summed E-state index contributed by atoms with van der Waals surface area (Å²) in [5.41, 5.74) is -3.53. The molecule has 0 saturated heterocycles. The summed E-state index contributed by atoms with van der Waals surface area (Å²) in [6.07, 6.45) is -4.69. The van der Waals surface area contributed by atoms with Crippen LogP contribution in [0.2, 0.25) is 0 Å². The van der Waals surface area contributed by atoms with Crippen molar-refractivity contribution in [3.8, 4) is 0 Å². The van der Waals surface area contributed by atoms with Gasteiger partial charge in [0.1, 0.15) is 0 Å². The van der Waals surface area contributed by atoms with Crippen molar-refractivity contribution in [1.29, 1.82) is 0 Å². The molecule has 2 aromatic carbocycles. The van der Waals surface area contributed by atoms with E-state index in [1.54, 1.807) is 62.4 Å². The van der Waals surface area contributed by atoms with E-state index in [0.29, 0.717) is 22.2 Å². The highest BCUT2D eigenvalue weighted by Gasteiger charge is 2.56. The van der Waals surface area contributed by atoms with Crippen molar-refractivity contribution in [1.82, 2.24) is 10.3 Å². The molecule has 35 heavy (non-hydrogen) atoms.